The number of benzene rings is 1. The molecule has 0 bridgehead atoms. The van der Waals surface area contributed by atoms with Crippen LogP contribution in [0.15, 0.2) is 24.3 Å². The Morgan fingerprint density at radius 1 is 1.16 bits per heavy atom. The Hall–Kier alpha value is -2.08. The highest BCUT2D eigenvalue weighted by molar-refractivity contribution is 6.30. The zero-order chi connectivity index (χ0) is 18.2. The highest BCUT2D eigenvalue weighted by atomic mass is 35.5. The second-order valence-electron chi connectivity index (χ2n) is 5.95. The number of nitrogens with one attached hydrogen (secondary N) is 1. The van der Waals surface area contributed by atoms with Gasteiger partial charge in [-0.2, -0.15) is 0 Å². The predicted octanol–water partition coefficient (Wildman–Crippen LogP) is 2.40. The molecule has 0 aliphatic carbocycles. The second kappa shape index (κ2) is 9.42. The number of esters is 1. The van der Waals surface area contributed by atoms with Gasteiger partial charge in [0.05, 0.1) is 13.0 Å². The molecular formula is C18H23ClN2O4. The topological polar surface area (TPSA) is 75.7 Å². The highest BCUT2D eigenvalue weighted by Crippen LogP contribution is 2.16. The molecule has 1 aliphatic rings. The molecule has 0 aromatic heterocycles. The highest BCUT2D eigenvalue weighted by Gasteiger charge is 2.24. The van der Waals surface area contributed by atoms with Crippen LogP contribution in [0.4, 0.5) is 0 Å². The Balaban J connectivity index is 1.74. The third-order valence-electron chi connectivity index (χ3n) is 4.10. The minimum absolute atomic E-state index is 0.0243. The zero-order valence-electron chi connectivity index (χ0n) is 14.3. The van der Waals surface area contributed by atoms with E-state index in [-0.39, 0.29) is 36.7 Å². The molecule has 2 rings (SSSR count). The molecule has 1 fully saturated rings. The normalized spacial score (nSPS) is 14.9. The first-order chi connectivity index (χ1) is 12.0. The zero-order valence-corrected chi connectivity index (χ0v) is 15.1. The number of rotatable bonds is 6. The van der Waals surface area contributed by atoms with Gasteiger partial charge in [-0.15, -0.1) is 0 Å². The Kier molecular flexibility index (Phi) is 7.25. The van der Waals surface area contributed by atoms with Crippen LogP contribution in [-0.4, -0.2) is 48.4 Å². The molecule has 0 saturated carbocycles. The second-order valence-corrected chi connectivity index (χ2v) is 6.38. The number of amides is 2. The average molecular weight is 367 g/mol. The van der Waals surface area contributed by atoms with E-state index >= 15 is 0 Å². The van der Waals surface area contributed by atoms with Crippen molar-refractivity contribution in [3.63, 3.8) is 0 Å². The molecule has 0 radical (unpaired) electrons. The standard InChI is InChI=1S/C18H23ClN2O4/c1-2-25-17(23)8-7-16(22)20-15-9-11-21(12-10-15)18(24)13-3-5-14(19)6-4-13/h3-6,15H,2,7-12H2,1H3,(H,20,22). The van der Waals surface area contributed by atoms with Crippen LogP contribution in [0.5, 0.6) is 0 Å². The van der Waals surface area contributed by atoms with Gasteiger partial charge in [0, 0.05) is 36.1 Å². The van der Waals surface area contributed by atoms with Crippen molar-refractivity contribution in [1.29, 1.82) is 0 Å². The first-order valence-electron chi connectivity index (χ1n) is 8.49. The third-order valence-corrected chi connectivity index (χ3v) is 4.35. The van der Waals surface area contributed by atoms with Gasteiger partial charge in [-0.25, -0.2) is 0 Å². The minimum Gasteiger partial charge on any atom is -0.466 e. The van der Waals surface area contributed by atoms with Crippen molar-refractivity contribution >= 4 is 29.4 Å². The average Bonchev–Trinajstić information content (AvgIpc) is 2.61. The molecule has 2 amide bonds. The summed E-state index contributed by atoms with van der Waals surface area (Å²) in [4.78, 5) is 37.3. The smallest absolute Gasteiger partial charge is 0.306 e. The van der Waals surface area contributed by atoms with Crippen molar-refractivity contribution in [2.75, 3.05) is 19.7 Å². The van der Waals surface area contributed by atoms with Crippen molar-refractivity contribution in [3.8, 4) is 0 Å². The summed E-state index contributed by atoms with van der Waals surface area (Å²) in [6.07, 6.45) is 1.62. The van der Waals surface area contributed by atoms with Gasteiger partial charge >= 0.3 is 5.97 Å². The van der Waals surface area contributed by atoms with Crippen LogP contribution in [0.3, 0.4) is 0 Å². The van der Waals surface area contributed by atoms with Gasteiger partial charge in [0.2, 0.25) is 5.91 Å². The van der Waals surface area contributed by atoms with Crippen molar-refractivity contribution in [1.82, 2.24) is 10.2 Å². The van der Waals surface area contributed by atoms with Crippen LogP contribution >= 0.6 is 11.6 Å². The fraction of sp³-hybridized carbons (Fsp3) is 0.500. The van der Waals surface area contributed by atoms with Crippen molar-refractivity contribution < 1.29 is 19.1 Å². The van der Waals surface area contributed by atoms with Crippen LogP contribution < -0.4 is 5.32 Å². The van der Waals surface area contributed by atoms with E-state index in [1.165, 1.54) is 0 Å². The quantitative estimate of drug-likeness (QED) is 0.784. The van der Waals surface area contributed by atoms with E-state index in [1.54, 1.807) is 36.1 Å². The van der Waals surface area contributed by atoms with Crippen LogP contribution in [-0.2, 0) is 14.3 Å². The number of hydrogen-bond acceptors (Lipinski definition) is 4. The van der Waals surface area contributed by atoms with Crippen LogP contribution in [0.2, 0.25) is 5.02 Å². The number of nitrogens with zero attached hydrogens (tertiary/aromatic N) is 1. The Labute approximate surface area is 152 Å². The van der Waals surface area contributed by atoms with E-state index in [2.05, 4.69) is 5.32 Å². The SMILES string of the molecule is CCOC(=O)CCC(=O)NC1CCN(C(=O)c2ccc(Cl)cc2)CC1. The van der Waals surface area contributed by atoms with E-state index in [0.29, 0.717) is 43.1 Å². The molecule has 6 nitrogen and oxygen atoms in total. The van der Waals surface area contributed by atoms with Crippen molar-refractivity contribution in [2.45, 2.75) is 38.6 Å². The molecule has 1 aliphatic heterocycles. The molecule has 0 atom stereocenters. The molecule has 1 N–H and O–H groups in total. The van der Waals surface area contributed by atoms with Crippen molar-refractivity contribution in [3.05, 3.63) is 34.9 Å². The van der Waals surface area contributed by atoms with E-state index in [4.69, 9.17) is 16.3 Å². The van der Waals surface area contributed by atoms with Crippen LogP contribution in [0.25, 0.3) is 0 Å². The molecule has 1 aromatic rings. The van der Waals surface area contributed by atoms with Crippen LogP contribution in [0, 0.1) is 0 Å². The summed E-state index contributed by atoms with van der Waals surface area (Å²) in [7, 11) is 0. The number of piperidine rings is 1. The number of ether oxygens (including phenoxy) is 1. The van der Waals surface area contributed by atoms with E-state index in [1.807, 2.05) is 0 Å². The van der Waals surface area contributed by atoms with E-state index < -0.39 is 0 Å². The van der Waals surface area contributed by atoms with E-state index in [0.717, 1.165) is 0 Å². The molecule has 0 unspecified atom stereocenters. The predicted molar refractivity (Wildman–Crippen MR) is 94.4 cm³/mol. The van der Waals surface area contributed by atoms with Gasteiger partial charge in [0.25, 0.3) is 5.91 Å². The monoisotopic (exact) mass is 366 g/mol. The molecule has 0 spiro atoms. The minimum atomic E-state index is -0.360. The first kappa shape index (κ1) is 19.2. The number of hydrogen-bond donors (Lipinski definition) is 1. The molecule has 7 heteroatoms. The summed E-state index contributed by atoms with van der Waals surface area (Å²) in [6.45, 7) is 3.23. The van der Waals surface area contributed by atoms with Crippen LogP contribution in [0.1, 0.15) is 43.0 Å². The maximum absolute atomic E-state index is 12.4. The largest absolute Gasteiger partial charge is 0.466 e. The Bertz CT molecular complexity index is 610. The van der Waals surface area contributed by atoms with Gasteiger partial charge in [0.1, 0.15) is 0 Å². The van der Waals surface area contributed by atoms with Gasteiger partial charge < -0.3 is 15.0 Å². The van der Waals surface area contributed by atoms with Gasteiger partial charge in [-0.1, -0.05) is 11.6 Å². The van der Waals surface area contributed by atoms with Gasteiger partial charge in [0.15, 0.2) is 0 Å². The molecule has 25 heavy (non-hydrogen) atoms. The first-order valence-corrected chi connectivity index (χ1v) is 8.87. The summed E-state index contributed by atoms with van der Waals surface area (Å²) < 4.78 is 4.80. The Morgan fingerprint density at radius 2 is 1.80 bits per heavy atom. The lowest BCUT2D eigenvalue weighted by atomic mass is 10.0. The fourth-order valence-electron chi connectivity index (χ4n) is 2.75. The number of carbonyl (C=O) groups excluding carboxylic acids is 3. The van der Waals surface area contributed by atoms with Gasteiger partial charge in [-0.3, -0.25) is 14.4 Å². The number of halogens is 1. The lowest BCUT2D eigenvalue weighted by Crippen LogP contribution is -2.46. The van der Waals surface area contributed by atoms with E-state index in [9.17, 15) is 14.4 Å². The molecule has 1 saturated heterocycles. The van der Waals surface area contributed by atoms with Gasteiger partial charge in [-0.05, 0) is 44.0 Å². The molecule has 136 valence electrons. The maximum atomic E-state index is 12.4. The lowest BCUT2D eigenvalue weighted by Gasteiger charge is -2.32. The molecule has 1 heterocycles. The lowest BCUT2D eigenvalue weighted by molar-refractivity contribution is -0.144. The fourth-order valence-corrected chi connectivity index (χ4v) is 2.88. The summed E-state index contributed by atoms with van der Waals surface area (Å²) in [6, 6.07) is 6.86. The molecule has 1 aromatic carbocycles. The summed E-state index contributed by atoms with van der Waals surface area (Å²) in [5.41, 5.74) is 0.612. The summed E-state index contributed by atoms with van der Waals surface area (Å²) in [5, 5.41) is 3.52. The Morgan fingerprint density at radius 3 is 2.40 bits per heavy atom. The van der Waals surface area contributed by atoms with Crippen molar-refractivity contribution in [2.24, 2.45) is 0 Å². The third kappa shape index (κ3) is 6.05. The number of likely N-dealkylation sites (tertiary alicyclic amines) is 1. The number of carbonyl (C=O) groups is 3. The maximum Gasteiger partial charge on any atom is 0.306 e. The molecular weight excluding hydrogens is 344 g/mol. The summed E-state index contributed by atoms with van der Waals surface area (Å²) >= 11 is 5.84. The summed E-state index contributed by atoms with van der Waals surface area (Å²) in [5.74, 6) is -0.541.